The number of hydrogen-bond donors (Lipinski definition) is 0. The first-order valence-corrected chi connectivity index (χ1v) is 4.33. The van der Waals surface area contributed by atoms with Gasteiger partial charge >= 0.3 is 58.4 Å². The van der Waals surface area contributed by atoms with Crippen molar-refractivity contribution in [2.24, 2.45) is 0 Å². The van der Waals surface area contributed by atoms with E-state index in [1.807, 2.05) is 0 Å². The van der Waals surface area contributed by atoms with Crippen molar-refractivity contribution in [3.05, 3.63) is 42.0 Å². The molecule has 1 aromatic carbocycles. The molecule has 76 valence electrons. The molecular weight excluding hydrogens is 227 g/mol. The fraction of sp³-hybridized carbons (Fsp3) is 0.200. The molecule has 1 aromatic rings. The Balaban J connectivity index is 0.00000196. The van der Waals surface area contributed by atoms with Crippen molar-refractivity contribution < 1.29 is 64.3 Å². The van der Waals surface area contributed by atoms with Crippen LogP contribution in [0.15, 0.2) is 36.4 Å². The third-order valence-electron chi connectivity index (χ3n) is 1.90. The van der Waals surface area contributed by atoms with E-state index in [1.165, 1.54) is 12.1 Å². The van der Waals surface area contributed by atoms with Crippen molar-refractivity contribution in [1.82, 2.24) is 0 Å². The average molecular weight is 238 g/mol. The summed E-state index contributed by atoms with van der Waals surface area (Å²) in [6, 6.07) is 5.65. The first kappa shape index (κ1) is 15.5. The molecule has 5 heteroatoms. The van der Waals surface area contributed by atoms with Gasteiger partial charge in [0.05, 0.1) is 0 Å². The van der Waals surface area contributed by atoms with Crippen LogP contribution in [0, 0.1) is 0 Å². The van der Waals surface area contributed by atoms with Gasteiger partial charge in [-0.05, 0) is 13.3 Å². The number of benzene rings is 1. The van der Waals surface area contributed by atoms with Crippen LogP contribution in [-0.2, 0) is 6.42 Å². The Morgan fingerprint density at radius 2 is 1.80 bits per heavy atom. The van der Waals surface area contributed by atoms with E-state index in [9.17, 15) is 12.9 Å². The monoisotopic (exact) mass is 238 g/mol. The van der Waals surface area contributed by atoms with Gasteiger partial charge in [0, 0.05) is 0 Å². The molecule has 0 saturated heterocycles. The van der Waals surface area contributed by atoms with Gasteiger partial charge < -0.3 is 12.9 Å². The first-order chi connectivity index (χ1) is 6.41. The van der Waals surface area contributed by atoms with Crippen LogP contribution >= 0.6 is 0 Å². The Labute approximate surface area is 130 Å². The Bertz CT molecular complexity index is 347. The van der Waals surface area contributed by atoms with E-state index in [0.717, 1.165) is 11.6 Å². The van der Waals surface area contributed by atoms with E-state index in [0.29, 0.717) is 5.56 Å². The molecule has 0 aliphatic heterocycles. The summed E-state index contributed by atoms with van der Waals surface area (Å²) in [5, 5.41) is 0. The Hall–Kier alpha value is 0.451. The number of allylic oxidation sites excluding steroid dienone is 1. The van der Waals surface area contributed by atoms with Gasteiger partial charge in [-0.1, -0.05) is 42.0 Å². The smallest absolute Gasteiger partial charge is 0.445 e. The van der Waals surface area contributed by atoms with Gasteiger partial charge in [-0.15, -0.1) is 5.46 Å². The van der Waals surface area contributed by atoms with Crippen LogP contribution in [0.3, 0.4) is 0 Å². The van der Waals surface area contributed by atoms with Gasteiger partial charge in [0.1, 0.15) is 0 Å². The summed E-state index contributed by atoms with van der Waals surface area (Å²) in [6.45, 7) is 0.427. The maximum atomic E-state index is 12.5. The zero-order valence-corrected chi connectivity index (χ0v) is 12.1. The van der Waals surface area contributed by atoms with Crippen molar-refractivity contribution in [3.63, 3.8) is 0 Å². The zero-order chi connectivity index (χ0) is 10.8. The largest absolute Gasteiger partial charge is 1.00 e. The summed E-state index contributed by atoms with van der Waals surface area (Å²) < 4.78 is 37.6. The van der Waals surface area contributed by atoms with Crippen molar-refractivity contribution in [3.8, 4) is 0 Å². The molecule has 0 nitrogen and oxygen atoms in total. The third-order valence-corrected chi connectivity index (χ3v) is 1.90. The maximum absolute atomic E-state index is 12.5. The minimum absolute atomic E-state index is 0. The molecular formula is C10H11BF3K. The van der Waals surface area contributed by atoms with Gasteiger partial charge in [0.25, 0.3) is 0 Å². The summed E-state index contributed by atoms with van der Waals surface area (Å²) in [4.78, 5) is 0. The van der Waals surface area contributed by atoms with Crippen LogP contribution in [-0.4, -0.2) is 6.98 Å². The Morgan fingerprint density at radius 3 is 2.27 bits per heavy atom. The average Bonchev–Trinajstić information content (AvgIpc) is 2.01. The summed E-state index contributed by atoms with van der Waals surface area (Å²) in [6.07, 6.45) is 0.289. The molecule has 15 heavy (non-hydrogen) atoms. The fourth-order valence-electron chi connectivity index (χ4n) is 1.34. The predicted molar refractivity (Wildman–Crippen MR) is 53.7 cm³/mol. The fourth-order valence-corrected chi connectivity index (χ4v) is 1.34. The van der Waals surface area contributed by atoms with Crippen LogP contribution in [0.5, 0.6) is 0 Å². The molecule has 0 N–H and O–H groups in total. The van der Waals surface area contributed by atoms with Gasteiger partial charge in [-0.25, -0.2) is 0 Å². The minimum Gasteiger partial charge on any atom is -0.445 e. The normalized spacial score (nSPS) is 10.7. The maximum Gasteiger partial charge on any atom is 1.00 e. The molecule has 0 aliphatic carbocycles. The zero-order valence-electron chi connectivity index (χ0n) is 8.93. The van der Waals surface area contributed by atoms with E-state index in [4.69, 9.17) is 0 Å². The van der Waals surface area contributed by atoms with E-state index >= 15 is 0 Å². The second-order valence-electron chi connectivity index (χ2n) is 3.41. The molecule has 1 rings (SSSR count). The molecule has 0 fully saturated rings. The predicted octanol–water partition coefficient (Wildman–Crippen LogP) is -0.136. The molecule has 0 bridgehead atoms. The summed E-state index contributed by atoms with van der Waals surface area (Å²) in [7, 11) is 0. The SMILES string of the molecule is C=C(C)Cc1ccccc1[B-](F)(F)F.[K+]. The first-order valence-electron chi connectivity index (χ1n) is 4.33. The molecule has 0 saturated carbocycles. The number of hydrogen-bond acceptors (Lipinski definition) is 0. The van der Waals surface area contributed by atoms with Crippen molar-refractivity contribution in [1.29, 1.82) is 0 Å². The number of rotatable bonds is 3. The van der Waals surface area contributed by atoms with Crippen LogP contribution in [0.1, 0.15) is 12.5 Å². The third kappa shape index (κ3) is 4.87. The van der Waals surface area contributed by atoms with E-state index in [-0.39, 0.29) is 57.8 Å². The van der Waals surface area contributed by atoms with Gasteiger partial charge in [0.2, 0.25) is 0 Å². The molecule has 0 radical (unpaired) electrons. The summed E-state index contributed by atoms with van der Waals surface area (Å²) in [5.41, 5.74) is 0.542. The molecule has 0 unspecified atom stereocenters. The molecule has 0 aromatic heterocycles. The van der Waals surface area contributed by atoms with Crippen molar-refractivity contribution in [2.45, 2.75) is 13.3 Å². The quantitative estimate of drug-likeness (QED) is 0.508. The summed E-state index contributed by atoms with van der Waals surface area (Å²) >= 11 is 0. The van der Waals surface area contributed by atoms with Crippen LogP contribution in [0.2, 0.25) is 0 Å². The molecule has 0 aliphatic rings. The number of halogens is 3. The topological polar surface area (TPSA) is 0 Å². The van der Waals surface area contributed by atoms with E-state index in [2.05, 4.69) is 6.58 Å². The van der Waals surface area contributed by atoms with Gasteiger partial charge in [-0.3, -0.25) is 0 Å². The van der Waals surface area contributed by atoms with Crippen LogP contribution in [0.4, 0.5) is 12.9 Å². The van der Waals surface area contributed by atoms with E-state index < -0.39 is 12.4 Å². The molecule has 0 heterocycles. The second-order valence-corrected chi connectivity index (χ2v) is 3.41. The van der Waals surface area contributed by atoms with Crippen molar-refractivity contribution >= 4 is 12.4 Å². The second kappa shape index (κ2) is 6.25. The minimum atomic E-state index is -4.91. The molecule has 0 spiro atoms. The summed E-state index contributed by atoms with van der Waals surface area (Å²) in [5.74, 6) is 0. The van der Waals surface area contributed by atoms with E-state index in [1.54, 1.807) is 13.0 Å². The van der Waals surface area contributed by atoms with Crippen molar-refractivity contribution in [2.75, 3.05) is 0 Å². The standard InChI is InChI=1S/C10H11BF3.K/c1-8(2)7-9-5-3-4-6-10(9)11(12,13)14;/h3-6H,1,7H2,2H3;/q-1;+1. The van der Waals surface area contributed by atoms with Gasteiger partial charge in [0.15, 0.2) is 0 Å². The Morgan fingerprint density at radius 1 is 1.27 bits per heavy atom. The van der Waals surface area contributed by atoms with Crippen LogP contribution < -0.4 is 56.8 Å². The van der Waals surface area contributed by atoms with Crippen LogP contribution in [0.25, 0.3) is 0 Å². The molecule has 0 amide bonds. The van der Waals surface area contributed by atoms with Gasteiger partial charge in [-0.2, -0.15) is 0 Å². The Kier molecular flexibility index (Phi) is 6.44. The molecule has 0 atom stereocenters.